The van der Waals surface area contributed by atoms with E-state index in [2.05, 4.69) is 9.97 Å². The van der Waals surface area contributed by atoms with Gasteiger partial charge in [-0.05, 0) is 18.2 Å². The fourth-order valence-electron chi connectivity index (χ4n) is 1.23. The van der Waals surface area contributed by atoms with Gasteiger partial charge in [-0.15, -0.1) is 0 Å². The number of ether oxygens (including phenoxy) is 1. The van der Waals surface area contributed by atoms with Crippen LogP contribution in [-0.4, -0.2) is 21.0 Å². The van der Waals surface area contributed by atoms with Crippen molar-refractivity contribution in [1.29, 1.82) is 0 Å². The predicted molar refractivity (Wildman–Crippen MR) is 52.5 cm³/mol. The Kier molecular flexibility index (Phi) is 2.21. The van der Waals surface area contributed by atoms with Gasteiger partial charge < -0.3 is 9.84 Å². The molecule has 0 spiro atoms. The molecule has 0 bridgehead atoms. The third-order valence-electron chi connectivity index (χ3n) is 1.80. The van der Waals surface area contributed by atoms with Crippen LogP contribution in [0.5, 0.6) is 11.8 Å². The van der Waals surface area contributed by atoms with Crippen molar-refractivity contribution < 1.29 is 14.6 Å². The second-order valence-corrected chi connectivity index (χ2v) is 2.98. The second-order valence-electron chi connectivity index (χ2n) is 2.98. The highest BCUT2D eigenvalue weighted by atomic mass is 16.5. The molecule has 1 aromatic carbocycles. The van der Waals surface area contributed by atoms with Crippen LogP contribution in [-0.2, 0) is 4.79 Å². The molecule has 0 saturated carbocycles. The van der Waals surface area contributed by atoms with Crippen molar-refractivity contribution >= 4 is 16.9 Å². The van der Waals surface area contributed by atoms with Gasteiger partial charge in [0.15, 0.2) is 0 Å². The van der Waals surface area contributed by atoms with Gasteiger partial charge >= 0.3 is 12.0 Å². The summed E-state index contributed by atoms with van der Waals surface area (Å²) in [5.74, 6) is 0.0540. The maximum atomic E-state index is 10.7. The smallest absolute Gasteiger partial charge is 0.314 e. The highest BCUT2D eigenvalue weighted by Gasteiger charge is 2.02. The van der Waals surface area contributed by atoms with Gasteiger partial charge in [-0.25, -0.2) is 4.98 Å². The van der Waals surface area contributed by atoms with Gasteiger partial charge in [0.2, 0.25) is 0 Å². The molecule has 5 nitrogen and oxygen atoms in total. The van der Waals surface area contributed by atoms with Gasteiger partial charge in [-0.3, -0.25) is 4.79 Å². The van der Waals surface area contributed by atoms with Gasteiger partial charge in [0.1, 0.15) is 5.75 Å². The Hall–Kier alpha value is -2.17. The second kappa shape index (κ2) is 3.53. The van der Waals surface area contributed by atoms with E-state index in [0.717, 1.165) is 0 Å². The molecule has 0 radical (unpaired) electrons. The van der Waals surface area contributed by atoms with E-state index in [4.69, 9.17) is 9.84 Å². The van der Waals surface area contributed by atoms with Crippen LogP contribution < -0.4 is 4.74 Å². The lowest BCUT2D eigenvalue weighted by Gasteiger charge is -2.02. The summed E-state index contributed by atoms with van der Waals surface area (Å²) in [5, 5.41) is 9.74. The fraction of sp³-hybridized carbons (Fsp3) is 0.100. The molecule has 0 aliphatic heterocycles. The molecule has 1 aromatic heterocycles. The normalized spacial score (nSPS) is 10.2. The van der Waals surface area contributed by atoms with Crippen LogP contribution in [0.2, 0.25) is 0 Å². The van der Waals surface area contributed by atoms with Crippen molar-refractivity contribution in [3.05, 3.63) is 24.4 Å². The van der Waals surface area contributed by atoms with E-state index < -0.39 is 0 Å². The summed E-state index contributed by atoms with van der Waals surface area (Å²) in [7, 11) is 0. The first kappa shape index (κ1) is 9.39. The van der Waals surface area contributed by atoms with Crippen molar-refractivity contribution in [2.75, 3.05) is 0 Å². The van der Waals surface area contributed by atoms with Crippen LogP contribution in [0.25, 0.3) is 10.9 Å². The van der Waals surface area contributed by atoms with Crippen molar-refractivity contribution in [2.24, 2.45) is 0 Å². The van der Waals surface area contributed by atoms with E-state index in [1.165, 1.54) is 13.1 Å². The highest BCUT2D eigenvalue weighted by Crippen LogP contribution is 2.19. The molecule has 2 aromatic rings. The molecule has 0 amide bonds. The molecular formula is C10H8N2O3. The molecule has 0 saturated heterocycles. The average Bonchev–Trinajstić information content (AvgIpc) is 2.17. The van der Waals surface area contributed by atoms with E-state index in [1.807, 2.05) is 0 Å². The number of benzene rings is 1. The lowest BCUT2D eigenvalue weighted by molar-refractivity contribution is -0.131. The monoisotopic (exact) mass is 204 g/mol. The van der Waals surface area contributed by atoms with Crippen molar-refractivity contribution in [3.8, 4) is 11.8 Å². The summed E-state index contributed by atoms with van der Waals surface area (Å²) in [4.78, 5) is 18.1. The maximum Gasteiger partial charge on any atom is 0.314 e. The van der Waals surface area contributed by atoms with Crippen LogP contribution in [0.3, 0.4) is 0 Å². The molecule has 1 heterocycles. The number of esters is 1. The Balaban J connectivity index is 2.47. The summed E-state index contributed by atoms with van der Waals surface area (Å²) in [6.07, 6.45) is 1.46. The Morgan fingerprint density at radius 1 is 1.47 bits per heavy atom. The highest BCUT2D eigenvalue weighted by molar-refractivity contribution is 5.80. The van der Waals surface area contributed by atoms with E-state index in [1.54, 1.807) is 18.2 Å². The van der Waals surface area contributed by atoms with E-state index in [-0.39, 0.29) is 12.0 Å². The predicted octanol–water partition coefficient (Wildman–Crippen LogP) is 1.26. The number of hydrogen-bond donors (Lipinski definition) is 1. The minimum absolute atomic E-state index is 0.275. The summed E-state index contributed by atoms with van der Waals surface area (Å²) < 4.78 is 4.90. The minimum atomic E-state index is -0.381. The SMILES string of the molecule is CC(=O)Oc1ccc2nc(O)ncc2c1. The third-order valence-corrected chi connectivity index (χ3v) is 1.80. The summed E-state index contributed by atoms with van der Waals surface area (Å²) in [5.41, 5.74) is 0.596. The molecule has 0 atom stereocenters. The number of fused-ring (bicyclic) bond motifs is 1. The number of carbonyl (C=O) groups is 1. The Morgan fingerprint density at radius 2 is 2.27 bits per heavy atom. The molecule has 0 aliphatic carbocycles. The lowest BCUT2D eigenvalue weighted by Crippen LogP contribution is -2.01. The summed E-state index contributed by atoms with van der Waals surface area (Å²) in [6, 6.07) is 4.61. The van der Waals surface area contributed by atoms with Crippen LogP contribution in [0, 0.1) is 0 Å². The Bertz CT molecular complexity index is 525. The van der Waals surface area contributed by atoms with Crippen molar-refractivity contribution in [2.45, 2.75) is 6.92 Å². The first-order valence-electron chi connectivity index (χ1n) is 4.29. The molecule has 0 unspecified atom stereocenters. The van der Waals surface area contributed by atoms with E-state index >= 15 is 0 Å². The zero-order chi connectivity index (χ0) is 10.8. The standard InChI is InChI=1S/C10H8N2O3/c1-6(13)15-8-2-3-9-7(4-8)5-11-10(14)12-9/h2-5H,1H3,(H,11,12,14). The first-order chi connectivity index (χ1) is 7.15. The van der Waals surface area contributed by atoms with Crippen LogP contribution in [0.4, 0.5) is 0 Å². The zero-order valence-electron chi connectivity index (χ0n) is 7.97. The first-order valence-corrected chi connectivity index (χ1v) is 4.29. The largest absolute Gasteiger partial charge is 0.479 e. The lowest BCUT2D eigenvalue weighted by atomic mass is 10.2. The number of aromatic hydroxyl groups is 1. The number of aromatic nitrogens is 2. The number of nitrogens with zero attached hydrogens (tertiary/aromatic N) is 2. The fourth-order valence-corrected chi connectivity index (χ4v) is 1.23. The van der Waals surface area contributed by atoms with Gasteiger partial charge in [-0.1, -0.05) is 0 Å². The molecule has 15 heavy (non-hydrogen) atoms. The van der Waals surface area contributed by atoms with Gasteiger partial charge in [0.25, 0.3) is 0 Å². The molecule has 0 aliphatic rings. The topological polar surface area (TPSA) is 72.3 Å². The van der Waals surface area contributed by atoms with Crippen molar-refractivity contribution in [3.63, 3.8) is 0 Å². The average molecular weight is 204 g/mol. The quantitative estimate of drug-likeness (QED) is 0.559. The maximum absolute atomic E-state index is 10.7. The van der Waals surface area contributed by atoms with E-state index in [0.29, 0.717) is 16.7 Å². The summed E-state index contributed by atoms with van der Waals surface area (Å²) >= 11 is 0. The minimum Gasteiger partial charge on any atom is -0.479 e. The van der Waals surface area contributed by atoms with Gasteiger partial charge in [0.05, 0.1) is 5.52 Å². The number of carbonyl (C=O) groups excluding carboxylic acids is 1. The molecule has 2 rings (SSSR count). The third kappa shape index (κ3) is 2.01. The number of rotatable bonds is 1. The molecule has 1 N–H and O–H groups in total. The van der Waals surface area contributed by atoms with Crippen molar-refractivity contribution in [1.82, 2.24) is 9.97 Å². The van der Waals surface area contributed by atoms with Gasteiger partial charge in [-0.2, -0.15) is 4.98 Å². The molecule has 0 fully saturated rings. The van der Waals surface area contributed by atoms with Crippen LogP contribution in [0.1, 0.15) is 6.92 Å². The zero-order valence-corrected chi connectivity index (χ0v) is 7.97. The van der Waals surface area contributed by atoms with Crippen LogP contribution in [0.15, 0.2) is 24.4 Å². The van der Waals surface area contributed by atoms with E-state index in [9.17, 15) is 4.79 Å². The molecule has 5 heteroatoms. The molecular weight excluding hydrogens is 196 g/mol. The summed E-state index contributed by atoms with van der Waals surface area (Å²) in [6.45, 7) is 1.33. The Morgan fingerprint density at radius 3 is 3.00 bits per heavy atom. The Labute approximate surface area is 85.4 Å². The molecule has 76 valence electrons. The van der Waals surface area contributed by atoms with Gasteiger partial charge in [0, 0.05) is 18.5 Å². The van der Waals surface area contributed by atoms with Crippen LogP contribution >= 0.6 is 0 Å². The number of hydrogen-bond acceptors (Lipinski definition) is 5.